The van der Waals surface area contributed by atoms with Crippen molar-refractivity contribution in [2.75, 3.05) is 0 Å². The van der Waals surface area contributed by atoms with E-state index in [4.69, 9.17) is 5.73 Å². The van der Waals surface area contributed by atoms with Crippen LogP contribution in [0.3, 0.4) is 0 Å². The van der Waals surface area contributed by atoms with Crippen molar-refractivity contribution >= 4 is 35.1 Å². The molecular weight excluding hydrogens is 266 g/mol. The molecule has 2 N–H and O–H groups in total. The molecule has 12 heavy (non-hydrogen) atoms. The van der Waals surface area contributed by atoms with E-state index >= 15 is 0 Å². The summed E-state index contributed by atoms with van der Waals surface area (Å²) in [5.41, 5.74) is 5.95. The van der Waals surface area contributed by atoms with E-state index < -0.39 is 0 Å². The summed E-state index contributed by atoms with van der Waals surface area (Å²) < 4.78 is 3.36. The van der Waals surface area contributed by atoms with Gasteiger partial charge in [-0.15, -0.1) is 0 Å². The number of nitrogens with two attached hydrogens (primary N) is 1. The second-order valence-electron chi connectivity index (χ2n) is 2.51. The summed E-state index contributed by atoms with van der Waals surface area (Å²) in [6.07, 6.45) is 0. The van der Waals surface area contributed by atoms with Gasteiger partial charge in [-0.3, -0.25) is 0 Å². The second kappa shape index (κ2) is 2.93. The number of benzene rings is 1. The Morgan fingerprint density at radius 3 is 2.92 bits per heavy atom. The molecule has 0 aliphatic carbocycles. The molecule has 0 fully saturated rings. The second-order valence-corrected chi connectivity index (χ2v) is 5.12. The number of amides is 1. The fourth-order valence-corrected chi connectivity index (χ4v) is 3.81. The van der Waals surface area contributed by atoms with Crippen molar-refractivity contribution in [3.8, 4) is 0 Å². The maximum absolute atomic E-state index is 11.0. The van der Waals surface area contributed by atoms with E-state index in [1.54, 1.807) is 6.07 Å². The summed E-state index contributed by atoms with van der Waals surface area (Å²) in [6.45, 7) is 0. The number of hydrogen-bond donors (Lipinski definition) is 1. The molecule has 1 aromatic heterocycles. The van der Waals surface area contributed by atoms with E-state index in [9.17, 15) is 4.79 Å². The maximum atomic E-state index is 11.0. The van der Waals surface area contributed by atoms with Crippen molar-refractivity contribution in [1.82, 2.24) is 0 Å². The average molecular weight is 273 g/mol. The van der Waals surface area contributed by atoms with Gasteiger partial charge in [-0.1, -0.05) is 0 Å². The molecule has 1 heterocycles. The first-order valence-electron chi connectivity index (χ1n) is 3.55. The van der Waals surface area contributed by atoms with E-state index in [1.165, 1.54) is 8.79 Å². The monoisotopic (exact) mass is 275 g/mol. The van der Waals surface area contributed by atoms with Crippen LogP contribution in [-0.4, -0.2) is 26.3 Å². The van der Waals surface area contributed by atoms with Gasteiger partial charge in [-0.25, -0.2) is 0 Å². The molecule has 0 bridgehead atoms. The van der Waals surface area contributed by atoms with Crippen LogP contribution in [0.25, 0.3) is 8.79 Å². The van der Waals surface area contributed by atoms with Crippen molar-refractivity contribution in [3.63, 3.8) is 0 Å². The van der Waals surface area contributed by atoms with Gasteiger partial charge < -0.3 is 0 Å². The van der Waals surface area contributed by atoms with Crippen LogP contribution in [0.15, 0.2) is 28.3 Å². The number of primary amides is 1. The van der Waals surface area contributed by atoms with Gasteiger partial charge in [0.05, 0.1) is 0 Å². The standard InChI is InChI=1S/C9H7NOTe/c10-9(11)7-3-1-2-6-4-5-12-8(6)7/h1-5H,(H2,10,11). The van der Waals surface area contributed by atoms with E-state index in [1.807, 2.05) is 12.1 Å². The van der Waals surface area contributed by atoms with Crippen LogP contribution in [0.5, 0.6) is 0 Å². The first kappa shape index (κ1) is 7.85. The van der Waals surface area contributed by atoms with Gasteiger partial charge in [-0.05, 0) is 0 Å². The van der Waals surface area contributed by atoms with Gasteiger partial charge in [0.1, 0.15) is 0 Å². The molecule has 0 atom stereocenters. The Morgan fingerprint density at radius 1 is 1.33 bits per heavy atom. The number of hydrogen-bond acceptors (Lipinski definition) is 1. The molecule has 0 aliphatic rings. The zero-order valence-electron chi connectivity index (χ0n) is 6.28. The molecule has 60 valence electrons. The quantitative estimate of drug-likeness (QED) is 0.773. The van der Waals surface area contributed by atoms with E-state index in [0.29, 0.717) is 5.56 Å². The number of carbonyl (C=O) groups excluding carboxylic acids is 1. The number of rotatable bonds is 1. The van der Waals surface area contributed by atoms with Crippen LogP contribution < -0.4 is 5.73 Å². The first-order chi connectivity index (χ1) is 5.79. The molecule has 0 unspecified atom stereocenters. The Balaban J connectivity index is 2.82. The number of fused-ring (bicyclic) bond motifs is 1. The molecule has 0 spiro atoms. The normalized spacial score (nSPS) is 10.3. The Labute approximate surface area is 79.6 Å². The van der Waals surface area contributed by atoms with E-state index in [-0.39, 0.29) is 26.3 Å². The SMILES string of the molecule is NC(=O)c1cccc2cc[te]c12. The zero-order chi connectivity index (χ0) is 8.55. The summed E-state index contributed by atoms with van der Waals surface area (Å²) in [6, 6.07) is 7.78. The van der Waals surface area contributed by atoms with Gasteiger partial charge in [-0.2, -0.15) is 0 Å². The topological polar surface area (TPSA) is 43.1 Å². The molecule has 2 aromatic rings. The fourth-order valence-electron chi connectivity index (χ4n) is 1.19. The predicted molar refractivity (Wildman–Crippen MR) is 49.4 cm³/mol. The summed E-state index contributed by atoms with van der Waals surface area (Å²) in [5, 5.41) is 1.17. The molecule has 0 radical (unpaired) electrons. The Kier molecular flexibility index (Phi) is 1.92. The number of carbonyl (C=O) groups is 1. The van der Waals surface area contributed by atoms with Crippen molar-refractivity contribution < 1.29 is 4.79 Å². The first-order valence-corrected chi connectivity index (χ1v) is 6.06. The molecule has 0 saturated heterocycles. The average Bonchev–Trinajstić information content (AvgIpc) is 2.49. The molecule has 3 heteroatoms. The Bertz CT molecular complexity index is 433. The summed E-state index contributed by atoms with van der Waals surface area (Å²) >= 11 is -0.285. The van der Waals surface area contributed by atoms with E-state index in [2.05, 4.69) is 10.1 Å². The molecule has 0 saturated carbocycles. The van der Waals surface area contributed by atoms with Gasteiger partial charge in [0, 0.05) is 0 Å². The fraction of sp³-hybridized carbons (Fsp3) is 0. The third kappa shape index (κ3) is 1.16. The van der Waals surface area contributed by atoms with Gasteiger partial charge >= 0.3 is 79.6 Å². The molecule has 1 aromatic carbocycles. The van der Waals surface area contributed by atoms with Crippen LogP contribution in [0.2, 0.25) is 0 Å². The van der Waals surface area contributed by atoms with Crippen molar-refractivity contribution in [2.24, 2.45) is 5.73 Å². The van der Waals surface area contributed by atoms with Crippen LogP contribution in [0.1, 0.15) is 10.4 Å². The molecule has 0 aliphatic heterocycles. The van der Waals surface area contributed by atoms with Crippen LogP contribution in [0.4, 0.5) is 0 Å². The van der Waals surface area contributed by atoms with Crippen LogP contribution in [-0.2, 0) is 0 Å². The molecule has 2 nitrogen and oxygen atoms in total. The minimum absolute atomic E-state index is 0.285. The van der Waals surface area contributed by atoms with Gasteiger partial charge in [0.15, 0.2) is 0 Å². The molecule has 2 rings (SSSR count). The third-order valence-corrected chi connectivity index (χ3v) is 4.49. The van der Waals surface area contributed by atoms with Gasteiger partial charge in [0.2, 0.25) is 0 Å². The van der Waals surface area contributed by atoms with Crippen LogP contribution >= 0.6 is 0 Å². The minimum atomic E-state index is -0.305. The Hall–Kier alpha value is -0.780. The van der Waals surface area contributed by atoms with Crippen molar-refractivity contribution in [1.29, 1.82) is 0 Å². The third-order valence-electron chi connectivity index (χ3n) is 1.74. The molecular formula is C9H7NOTe. The zero-order valence-corrected chi connectivity index (χ0v) is 8.61. The van der Waals surface area contributed by atoms with Crippen molar-refractivity contribution in [2.45, 2.75) is 0 Å². The Morgan fingerprint density at radius 2 is 2.17 bits per heavy atom. The van der Waals surface area contributed by atoms with Gasteiger partial charge in [0.25, 0.3) is 0 Å². The molecule has 1 amide bonds. The van der Waals surface area contributed by atoms with Crippen LogP contribution in [0, 0.1) is 0 Å². The predicted octanol–water partition coefficient (Wildman–Crippen LogP) is 0.996. The van der Waals surface area contributed by atoms with Crippen molar-refractivity contribution in [3.05, 3.63) is 33.9 Å². The summed E-state index contributed by atoms with van der Waals surface area (Å²) in [4.78, 5) is 11.0. The summed E-state index contributed by atoms with van der Waals surface area (Å²) in [5.74, 6) is -0.305. The van der Waals surface area contributed by atoms with E-state index in [0.717, 1.165) is 0 Å². The summed E-state index contributed by atoms with van der Waals surface area (Å²) in [7, 11) is 0.